The summed E-state index contributed by atoms with van der Waals surface area (Å²) in [4.78, 5) is 13.0. The van der Waals surface area contributed by atoms with Crippen molar-refractivity contribution in [3.05, 3.63) is 47.5 Å². The molecule has 1 unspecified atom stereocenters. The molecule has 0 radical (unpaired) electrons. The summed E-state index contributed by atoms with van der Waals surface area (Å²) < 4.78 is 38.3. The van der Waals surface area contributed by atoms with E-state index in [1.165, 1.54) is 29.6 Å². The zero-order valence-corrected chi connectivity index (χ0v) is 18.5. The van der Waals surface area contributed by atoms with Gasteiger partial charge in [-0.15, -0.1) is 0 Å². The number of anilines is 1. The standard InChI is InChI=1S/C21H25ClN2O5S/c1-3-18(29-19-9-5-4-8-16(19)22)21(25)23-17-14-15(10-11-20(17)28-2)30(26,27)24-12-6-7-13-24/h4-5,8-11,14,18H,3,6-7,12-13H2,1-2H3,(H,23,25). The van der Waals surface area contributed by atoms with Crippen LogP contribution in [0.5, 0.6) is 11.5 Å². The largest absolute Gasteiger partial charge is 0.495 e. The molecule has 0 bridgehead atoms. The second-order valence-electron chi connectivity index (χ2n) is 6.91. The Bertz CT molecular complexity index is 1010. The molecule has 1 saturated heterocycles. The first-order valence-corrected chi connectivity index (χ1v) is 11.6. The number of benzene rings is 2. The van der Waals surface area contributed by atoms with Crippen LogP contribution in [0.3, 0.4) is 0 Å². The van der Waals surface area contributed by atoms with E-state index in [0.29, 0.717) is 36.0 Å². The van der Waals surface area contributed by atoms with Gasteiger partial charge < -0.3 is 14.8 Å². The number of sulfonamides is 1. The van der Waals surface area contributed by atoms with Crippen molar-refractivity contribution in [3.8, 4) is 11.5 Å². The van der Waals surface area contributed by atoms with E-state index in [1.807, 2.05) is 6.92 Å². The number of carbonyl (C=O) groups is 1. The number of nitrogens with one attached hydrogen (secondary N) is 1. The average Bonchev–Trinajstić information content (AvgIpc) is 3.29. The van der Waals surface area contributed by atoms with Crippen molar-refractivity contribution >= 4 is 33.2 Å². The minimum absolute atomic E-state index is 0.112. The van der Waals surface area contributed by atoms with Crippen molar-refractivity contribution < 1.29 is 22.7 Å². The van der Waals surface area contributed by atoms with E-state index >= 15 is 0 Å². The Kier molecular flexibility index (Phi) is 7.23. The van der Waals surface area contributed by atoms with Crippen LogP contribution in [0.1, 0.15) is 26.2 Å². The SMILES string of the molecule is CCC(Oc1ccccc1Cl)C(=O)Nc1cc(S(=O)(=O)N2CCCC2)ccc1OC. The fourth-order valence-corrected chi connectivity index (χ4v) is 4.98. The van der Waals surface area contributed by atoms with E-state index in [2.05, 4.69) is 5.32 Å². The van der Waals surface area contributed by atoms with E-state index in [4.69, 9.17) is 21.1 Å². The van der Waals surface area contributed by atoms with E-state index < -0.39 is 22.0 Å². The van der Waals surface area contributed by atoms with Crippen LogP contribution in [0.2, 0.25) is 5.02 Å². The highest BCUT2D eigenvalue weighted by Crippen LogP contribution is 2.31. The summed E-state index contributed by atoms with van der Waals surface area (Å²) in [6.45, 7) is 2.81. The van der Waals surface area contributed by atoms with Crippen LogP contribution >= 0.6 is 11.6 Å². The molecule has 30 heavy (non-hydrogen) atoms. The molecule has 0 aliphatic carbocycles. The molecule has 0 aromatic heterocycles. The average molecular weight is 453 g/mol. The Balaban J connectivity index is 1.83. The lowest BCUT2D eigenvalue weighted by Crippen LogP contribution is -2.33. The van der Waals surface area contributed by atoms with Crippen LogP contribution in [0.25, 0.3) is 0 Å². The van der Waals surface area contributed by atoms with Gasteiger partial charge in [-0.25, -0.2) is 8.42 Å². The number of para-hydroxylation sites is 1. The number of amides is 1. The minimum Gasteiger partial charge on any atom is -0.495 e. The third-order valence-electron chi connectivity index (χ3n) is 4.90. The Hall–Kier alpha value is -2.29. The topological polar surface area (TPSA) is 84.9 Å². The molecule has 9 heteroatoms. The lowest BCUT2D eigenvalue weighted by atomic mass is 10.2. The maximum absolute atomic E-state index is 12.9. The van der Waals surface area contributed by atoms with Crippen molar-refractivity contribution in [2.45, 2.75) is 37.2 Å². The second-order valence-corrected chi connectivity index (χ2v) is 9.25. The van der Waals surface area contributed by atoms with Gasteiger partial charge in [0.1, 0.15) is 11.5 Å². The molecule has 1 amide bonds. The highest BCUT2D eigenvalue weighted by atomic mass is 35.5. The van der Waals surface area contributed by atoms with Crippen molar-refractivity contribution in [1.29, 1.82) is 0 Å². The quantitative estimate of drug-likeness (QED) is 0.656. The summed E-state index contributed by atoms with van der Waals surface area (Å²) in [5.41, 5.74) is 0.268. The molecule has 2 aromatic rings. The van der Waals surface area contributed by atoms with Crippen LogP contribution in [0.15, 0.2) is 47.4 Å². The van der Waals surface area contributed by atoms with E-state index in [0.717, 1.165) is 12.8 Å². The van der Waals surface area contributed by atoms with Gasteiger partial charge in [-0.2, -0.15) is 4.31 Å². The maximum Gasteiger partial charge on any atom is 0.265 e. The van der Waals surface area contributed by atoms with Gasteiger partial charge in [0.25, 0.3) is 5.91 Å². The van der Waals surface area contributed by atoms with Crippen molar-refractivity contribution in [2.75, 3.05) is 25.5 Å². The molecule has 1 heterocycles. The van der Waals surface area contributed by atoms with Gasteiger partial charge in [0.2, 0.25) is 10.0 Å². The first-order chi connectivity index (χ1) is 14.4. The molecule has 1 aliphatic rings. The lowest BCUT2D eigenvalue weighted by Gasteiger charge is -2.20. The van der Waals surface area contributed by atoms with E-state index in [-0.39, 0.29) is 10.6 Å². The second kappa shape index (κ2) is 9.68. The number of rotatable bonds is 8. The van der Waals surface area contributed by atoms with Gasteiger partial charge in [0.05, 0.1) is 22.7 Å². The van der Waals surface area contributed by atoms with Gasteiger partial charge in [0, 0.05) is 13.1 Å². The Morgan fingerprint density at radius 3 is 2.50 bits per heavy atom. The third-order valence-corrected chi connectivity index (χ3v) is 7.11. The number of hydrogen-bond donors (Lipinski definition) is 1. The fraction of sp³-hybridized carbons (Fsp3) is 0.381. The smallest absolute Gasteiger partial charge is 0.265 e. The van der Waals surface area contributed by atoms with Crippen molar-refractivity contribution in [1.82, 2.24) is 4.31 Å². The van der Waals surface area contributed by atoms with Gasteiger partial charge in [-0.1, -0.05) is 30.7 Å². The number of nitrogens with zero attached hydrogens (tertiary/aromatic N) is 1. The molecule has 7 nitrogen and oxygen atoms in total. The van der Waals surface area contributed by atoms with Gasteiger partial charge in [-0.3, -0.25) is 4.79 Å². The van der Waals surface area contributed by atoms with Crippen LogP contribution in [0, 0.1) is 0 Å². The maximum atomic E-state index is 12.9. The zero-order chi connectivity index (χ0) is 21.7. The number of methoxy groups -OCH3 is 1. The van der Waals surface area contributed by atoms with Crippen molar-refractivity contribution in [2.24, 2.45) is 0 Å². The molecular weight excluding hydrogens is 428 g/mol. The first kappa shape index (κ1) is 22.4. The molecular formula is C21H25ClN2O5S. The normalized spacial score (nSPS) is 15.6. The Morgan fingerprint density at radius 2 is 1.87 bits per heavy atom. The summed E-state index contributed by atoms with van der Waals surface area (Å²) in [7, 11) is -2.17. The summed E-state index contributed by atoms with van der Waals surface area (Å²) in [5.74, 6) is 0.334. The highest BCUT2D eigenvalue weighted by molar-refractivity contribution is 7.89. The zero-order valence-electron chi connectivity index (χ0n) is 16.9. The molecule has 2 aromatic carbocycles. The minimum atomic E-state index is -3.62. The van der Waals surface area contributed by atoms with Gasteiger partial charge >= 0.3 is 0 Å². The molecule has 1 atom stereocenters. The van der Waals surface area contributed by atoms with Crippen LogP contribution in [0.4, 0.5) is 5.69 Å². The van der Waals surface area contributed by atoms with E-state index in [9.17, 15) is 13.2 Å². The predicted molar refractivity (Wildman–Crippen MR) is 116 cm³/mol. The molecule has 162 valence electrons. The molecule has 3 rings (SSSR count). The number of ether oxygens (including phenoxy) is 2. The van der Waals surface area contributed by atoms with Gasteiger partial charge in [-0.05, 0) is 49.6 Å². The highest BCUT2D eigenvalue weighted by Gasteiger charge is 2.28. The molecule has 0 saturated carbocycles. The summed E-state index contributed by atoms with van der Waals surface area (Å²) >= 11 is 6.12. The first-order valence-electron chi connectivity index (χ1n) is 9.77. The van der Waals surface area contributed by atoms with Crippen LogP contribution in [-0.4, -0.2) is 44.9 Å². The van der Waals surface area contributed by atoms with E-state index in [1.54, 1.807) is 24.3 Å². The Morgan fingerprint density at radius 1 is 1.17 bits per heavy atom. The summed E-state index contributed by atoms with van der Waals surface area (Å²) in [5, 5.41) is 3.14. The number of hydrogen-bond acceptors (Lipinski definition) is 5. The molecule has 1 N–H and O–H groups in total. The molecule has 0 spiro atoms. The Labute approximate surface area is 182 Å². The van der Waals surface area contributed by atoms with Crippen molar-refractivity contribution in [3.63, 3.8) is 0 Å². The number of halogens is 1. The molecule has 1 aliphatic heterocycles. The fourth-order valence-electron chi connectivity index (χ4n) is 3.25. The molecule has 1 fully saturated rings. The number of carbonyl (C=O) groups excluding carboxylic acids is 1. The van der Waals surface area contributed by atoms with Crippen LogP contribution in [-0.2, 0) is 14.8 Å². The van der Waals surface area contributed by atoms with Crippen LogP contribution < -0.4 is 14.8 Å². The predicted octanol–water partition coefficient (Wildman–Crippen LogP) is 3.93. The summed E-state index contributed by atoms with van der Waals surface area (Å²) in [6.07, 6.45) is 1.27. The van der Waals surface area contributed by atoms with Gasteiger partial charge in [0.15, 0.2) is 6.10 Å². The summed E-state index contributed by atoms with van der Waals surface area (Å²) in [6, 6.07) is 11.3. The lowest BCUT2D eigenvalue weighted by molar-refractivity contribution is -0.122. The third kappa shape index (κ3) is 4.88. The monoisotopic (exact) mass is 452 g/mol.